The predicted molar refractivity (Wildman–Crippen MR) is 64.6 cm³/mol. The minimum atomic E-state index is -0.732. The van der Waals surface area contributed by atoms with E-state index in [0.29, 0.717) is 6.42 Å². The molecule has 90 valence electrons. The number of nitrogens with zero attached hydrogens (tertiary/aromatic N) is 2. The van der Waals surface area contributed by atoms with E-state index < -0.39 is 5.97 Å². The summed E-state index contributed by atoms with van der Waals surface area (Å²) in [5, 5.41) is 11.7. The van der Waals surface area contributed by atoms with E-state index >= 15 is 0 Å². The van der Waals surface area contributed by atoms with Gasteiger partial charge in [0.2, 0.25) is 0 Å². The third-order valence-electron chi connectivity index (χ3n) is 2.61. The van der Waals surface area contributed by atoms with Crippen LogP contribution in [0.3, 0.4) is 0 Å². The van der Waals surface area contributed by atoms with E-state index in [0.717, 1.165) is 17.2 Å². The van der Waals surface area contributed by atoms with Gasteiger partial charge in [0, 0.05) is 24.4 Å². The van der Waals surface area contributed by atoms with Crippen molar-refractivity contribution in [1.82, 2.24) is 9.88 Å². The molecule has 1 unspecified atom stereocenters. The van der Waals surface area contributed by atoms with Crippen molar-refractivity contribution in [2.24, 2.45) is 0 Å². The fraction of sp³-hybridized carbons (Fsp3) is 0.636. The molecule has 0 spiro atoms. The summed E-state index contributed by atoms with van der Waals surface area (Å²) in [6.07, 6.45) is 0.899. The maximum absolute atomic E-state index is 10.5. The molecule has 4 nitrogen and oxygen atoms in total. The first-order valence-corrected chi connectivity index (χ1v) is 6.20. The zero-order chi connectivity index (χ0) is 12.1. The first-order valence-electron chi connectivity index (χ1n) is 5.32. The van der Waals surface area contributed by atoms with Gasteiger partial charge in [0.25, 0.3) is 0 Å². The Labute approximate surface area is 99.9 Å². The molecule has 0 aliphatic rings. The van der Waals surface area contributed by atoms with Gasteiger partial charge >= 0.3 is 5.97 Å². The van der Waals surface area contributed by atoms with Crippen LogP contribution in [0.4, 0.5) is 0 Å². The van der Waals surface area contributed by atoms with E-state index in [1.807, 2.05) is 20.9 Å². The molecule has 1 atom stereocenters. The normalized spacial score (nSPS) is 13.0. The minimum absolute atomic E-state index is 0.224. The van der Waals surface area contributed by atoms with Crippen LogP contribution in [0.15, 0.2) is 5.38 Å². The van der Waals surface area contributed by atoms with Gasteiger partial charge < -0.3 is 5.11 Å². The monoisotopic (exact) mass is 242 g/mol. The second-order valence-electron chi connectivity index (χ2n) is 4.05. The molecule has 1 aromatic rings. The van der Waals surface area contributed by atoms with Gasteiger partial charge in [-0.2, -0.15) is 0 Å². The molecule has 0 amide bonds. The van der Waals surface area contributed by atoms with Crippen LogP contribution in [0, 0.1) is 6.92 Å². The third kappa shape index (κ3) is 4.28. The second kappa shape index (κ2) is 5.96. The SMILES string of the molecule is Cc1nc(CN(C)C(C)CCC(=O)O)cs1. The largest absolute Gasteiger partial charge is 0.481 e. The second-order valence-corrected chi connectivity index (χ2v) is 5.12. The van der Waals surface area contributed by atoms with Crippen LogP contribution in [0.2, 0.25) is 0 Å². The lowest BCUT2D eigenvalue weighted by atomic mass is 10.1. The number of hydrogen-bond donors (Lipinski definition) is 1. The van der Waals surface area contributed by atoms with Crippen molar-refractivity contribution in [3.05, 3.63) is 16.1 Å². The summed E-state index contributed by atoms with van der Waals surface area (Å²) in [7, 11) is 2.00. The highest BCUT2D eigenvalue weighted by Crippen LogP contribution is 2.12. The van der Waals surface area contributed by atoms with Crippen LogP contribution in [0.1, 0.15) is 30.5 Å². The molecule has 1 heterocycles. The van der Waals surface area contributed by atoms with Crippen molar-refractivity contribution in [2.75, 3.05) is 7.05 Å². The number of thiazole rings is 1. The average molecular weight is 242 g/mol. The maximum Gasteiger partial charge on any atom is 0.303 e. The molecule has 0 aliphatic heterocycles. The Morgan fingerprint density at radius 1 is 1.69 bits per heavy atom. The maximum atomic E-state index is 10.5. The molecule has 0 aliphatic carbocycles. The Morgan fingerprint density at radius 2 is 2.38 bits per heavy atom. The van der Waals surface area contributed by atoms with E-state index in [2.05, 4.69) is 15.3 Å². The number of carboxylic acids is 1. The van der Waals surface area contributed by atoms with Crippen molar-refractivity contribution in [1.29, 1.82) is 0 Å². The van der Waals surface area contributed by atoms with Crippen LogP contribution in [-0.4, -0.2) is 34.0 Å². The van der Waals surface area contributed by atoms with E-state index in [9.17, 15) is 4.79 Å². The molecule has 1 N–H and O–H groups in total. The van der Waals surface area contributed by atoms with Gasteiger partial charge in [-0.05, 0) is 27.3 Å². The van der Waals surface area contributed by atoms with Gasteiger partial charge in [0.1, 0.15) is 0 Å². The molecule has 0 radical (unpaired) electrons. The summed E-state index contributed by atoms with van der Waals surface area (Å²) >= 11 is 1.64. The van der Waals surface area contributed by atoms with E-state index in [1.165, 1.54) is 0 Å². The molecule has 1 aromatic heterocycles. The van der Waals surface area contributed by atoms with Gasteiger partial charge in [-0.1, -0.05) is 0 Å². The van der Waals surface area contributed by atoms with Crippen LogP contribution in [0.25, 0.3) is 0 Å². The number of carboxylic acid groups (broad SMARTS) is 1. The molecule has 0 aromatic carbocycles. The molecular weight excluding hydrogens is 224 g/mol. The first kappa shape index (κ1) is 13.1. The van der Waals surface area contributed by atoms with Crippen molar-refractivity contribution >= 4 is 17.3 Å². The highest BCUT2D eigenvalue weighted by atomic mass is 32.1. The zero-order valence-electron chi connectivity index (χ0n) is 9.93. The summed E-state index contributed by atoms with van der Waals surface area (Å²) < 4.78 is 0. The Kier molecular flexibility index (Phi) is 4.89. The third-order valence-corrected chi connectivity index (χ3v) is 3.43. The molecular formula is C11H18N2O2S. The van der Waals surface area contributed by atoms with Crippen molar-refractivity contribution in [2.45, 2.75) is 39.3 Å². The molecule has 0 saturated carbocycles. The average Bonchev–Trinajstić information content (AvgIpc) is 2.60. The lowest BCUT2D eigenvalue weighted by Crippen LogP contribution is -2.29. The molecule has 1 rings (SSSR count). The highest BCUT2D eigenvalue weighted by Gasteiger charge is 2.12. The van der Waals surface area contributed by atoms with E-state index in [4.69, 9.17) is 5.11 Å². The number of rotatable bonds is 6. The Bertz CT molecular complexity index is 352. The van der Waals surface area contributed by atoms with Crippen molar-refractivity contribution in [3.8, 4) is 0 Å². The first-order chi connectivity index (χ1) is 7.49. The smallest absolute Gasteiger partial charge is 0.303 e. The van der Waals surface area contributed by atoms with Crippen LogP contribution in [-0.2, 0) is 11.3 Å². The zero-order valence-corrected chi connectivity index (χ0v) is 10.8. The molecule has 16 heavy (non-hydrogen) atoms. The number of aliphatic carboxylic acids is 1. The lowest BCUT2D eigenvalue weighted by molar-refractivity contribution is -0.137. The van der Waals surface area contributed by atoms with Gasteiger partial charge in [-0.15, -0.1) is 11.3 Å². The summed E-state index contributed by atoms with van der Waals surface area (Å²) in [4.78, 5) is 17.0. The van der Waals surface area contributed by atoms with Gasteiger partial charge in [-0.25, -0.2) is 4.98 Å². The van der Waals surface area contributed by atoms with E-state index in [1.54, 1.807) is 11.3 Å². The predicted octanol–water partition coefficient (Wildman–Crippen LogP) is 2.14. The number of carbonyl (C=O) groups is 1. The molecule has 0 saturated heterocycles. The highest BCUT2D eigenvalue weighted by molar-refractivity contribution is 7.09. The quantitative estimate of drug-likeness (QED) is 0.830. The molecule has 0 fully saturated rings. The fourth-order valence-electron chi connectivity index (χ4n) is 1.44. The van der Waals surface area contributed by atoms with Gasteiger partial charge in [-0.3, -0.25) is 9.69 Å². The number of aromatic nitrogens is 1. The Balaban J connectivity index is 2.39. The van der Waals surface area contributed by atoms with Crippen molar-refractivity contribution in [3.63, 3.8) is 0 Å². The van der Waals surface area contributed by atoms with Crippen LogP contribution < -0.4 is 0 Å². The molecule has 0 bridgehead atoms. The fourth-order valence-corrected chi connectivity index (χ4v) is 2.05. The molecule has 5 heteroatoms. The lowest BCUT2D eigenvalue weighted by Gasteiger charge is -2.23. The summed E-state index contributed by atoms with van der Waals surface area (Å²) in [5.41, 5.74) is 1.06. The minimum Gasteiger partial charge on any atom is -0.481 e. The topological polar surface area (TPSA) is 53.4 Å². The van der Waals surface area contributed by atoms with E-state index in [-0.39, 0.29) is 12.5 Å². The number of aryl methyl sites for hydroxylation is 1. The summed E-state index contributed by atoms with van der Waals surface area (Å²) in [5.74, 6) is -0.732. The van der Waals surface area contributed by atoms with Gasteiger partial charge in [0.05, 0.1) is 10.7 Å². The number of hydrogen-bond acceptors (Lipinski definition) is 4. The van der Waals surface area contributed by atoms with Crippen LogP contribution in [0.5, 0.6) is 0 Å². The summed E-state index contributed by atoms with van der Waals surface area (Å²) in [6, 6.07) is 0.262. The van der Waals surface area contributed by atoms with Crippen molar-refractivity contribution < 1.29 is 9.90 Å². The Morgan fingerprint density at radius 3 is 2.88 bits per heavy atom. The van der Waals surface area contributed by atoms with Gasteiger partial charge in [0.15, 0.2) is 0 Å². The summed E-state index contributed by atoms with van der Waals surface area (Å²) in [6.45, 7) is 4.81. The Hall–Kier alpha value is -0.940. The standard InChI is InChI=1S/C11H18N2O2S/c1-8(4-5-11(14)15)13(3)6-10-7-16-9(2)12-10/h7-8H,4-6H2,1-3H3,(H,14,15). The van der Waals surface area contributed by atoms with Crippen LogP contribution >= 0.6 is 11.3 Å².